The number of carbonyl (C=O) groups excluding carboxylic acids is 1. The predicted octanol–water partition coefficient (Wildman–Crippen LogP) is 2.46. The second-order valence-electron chi connectivity index (χ2n) is 4.57. The number of nitrogens with zero attached hydrogens (tertiary/aromatic N) is 3. The minimum absolute atomic E-state index is 0.0963. The molecule has 0 bridgehead atoms. The van der Waals surface area contributed by atoms with Crippen LogP contribution in [-0.4, -0.2) is 27.1 Å². The van der Waals surface area contributed by atoms with Gasteiger partial charge in [-0.3, -0.25) is 9.48 Å². The van der Waals surface area contributed by atoms with Crippen LogP contribution in [0.2, 0.25) is 0 Å². The zero-order valence-corrected chi connectivity index (χ0v) is 11.1. The lowest BCUT2D eigenvalue weighted by atomic mass is 10.2. The van der Waals surface area contributed by atoms with Gasteiger partial charge in [0.15, 0.2) is 0 Å². The SMILES string of the molecule is Cn1cc(C(=O)N2CCCC2c2cccs2)cn1. The molecule has 1 unspecified atom stereocenters. The Bertz CT molecular complexity index is 546. The van der Waals surface area contributed by atoms with Gasteiger partial charge in [0.2, 0.25) is 0 Å². The molecule has 0 N–H and O–H groups in total. The molecule has 0 saturated carbocycles. The maximum Gasteiger partial charge on any atom is 0.257 e. The van der Waals surface area contributed by atoms with Crippen molar-refractivity contribution < 1.29 is 4.79 Å². The summed E-state index contributed by atoms with van der Waals surface area (Å²) in [5.41, 5.74) is 0.681. The summed E-state index contributed by atoms with van der Waals surface area (Å²) in [7, 11) is 1.83. The first-order chi connectivity index (χ1) is 8.75. The number of aryl methyl sites for hydroxylation is 1. The first-order valence-electron chi connectivity index (χ1n) is 6.09. The van der Waals surface area contributed by atoms with Gasteiger partial charge in [0.25, 0.3) is 5.91 Å². The van der Waals surface area contributed by atoms with Crippen molar-refractivity contribution >= 4 is 17.2 Å². The van der Waals surface area contributed by atoms with Crippen LogP contribution in [0.3, 0.4) is 0 Å². The minimum atomic E-state index is 0.0963. The van der Waals surface area contributed by atoms with Crippen molar-refractivity contribution in [2.45, 2.75) is 18.9 Å². The maximum atomic E-state index is 12.4. The van der Waals surface area contributed by atoms with E-state index in [2.05, 4.69) is 16.5 Å². The van der Waals surface area contributed by atoms with Gasteiger partial charge in [-0.25, -0.2) is 0 Å². The van der Waals surface area contributed by atoms with Crippen LogP contribution in [0, 0.1) is 0 Å². The summed E-state index contributed by atoms with van der Waals surface area (Å²) in [6.07, 6.45) is 5.57. The molecule has 3 rings (SSSR count). The van der Waals surface area contributed by atoms with Crippen LogP contribution < -0.4 is 0 Å². The topological polar surface area (TPSA) is 38.1 Å². The summed E-state index contributed by atoms with van der Waals surface area (Å²) in [5, 5.41) is 6.14. The third-order valence-electron chi connectivity index (χ3n) is 3.34. The predicted molar refractivity (Wildman–Crippen MR) is 70.5 cm³/mol. The molecule has 1 aliphatic rings. The van der Waals surface area contributed by atoms with Gasteiger partial charge in [-0.2, -0.15) is 5.10 Å². The highest BCUT2D eigenvalue weighted by Gasteiger charge is 2.31. The molecule has 4 nitrogen and oxygen atoms in total. The van der Waals surface area contributed by atoms with E-state index in [0.717, 1.165) is 19.4 Å². The third kappa shape index (κ3) is 1.95. The number of hydrogen-bond acceptors (Lipinski definition) is 3. The third-order valence-corrected chi connectivity index (χ3v) is 4.31. The molecule has 94 valence electrons. The van der Waals surface area contributed by atoms with Gasteiger partial charge in [0.05, 0.1) is 17.8 Å². The second kappa shape index (κ2) is 4.57. The highest BCUT2D eigenvalue weighted by atomic mass is 32.1. The molecule has 1 saturated heterocycles. The van der Waals surface area contributed by atoms with E-state index in [4.69, 9.17) is 0 Å². The van der Waals surface area contributed by atoms with Crippen molar-refractivity contribution in [1.29, 1.82) is 0 Å². The van der Waals surface area contributed by atoms with Gasteiger partial charge in [0.1, 0.15) is 0 Å². The number of carbonyl (C=O) groups is 1. The van der Waals surface area contributed by atoms with E-state index < -0.39 is 0 Å². The van der Waals surface area contributed by atoms with Crippen molar-refractivity contribution in [2.24, 2.45) is 7.05 Å². The molecule has 1 amide bonds. The van der Waals surface area contributed by atoms with Gasteiger partial charge >= 0.3 is 0 Å². The van der Waals surface area contributed by atoms with E-state index in [1.54, 1.807) is 28.4 Å². The molecule has 0 aromatic carbocycles. The monoisotopic (exact) mass is 261 g/mol. The first-order valence-corrected chi connectivity index (χ1v) is 6.96. The molecular weight excluding hydrogens is 246 g/mol. The van der Waals surface area contributed by atoms with Crippen LogP contribution in [0.25, 0.3) is 0 Å². The number of rotatable bonds is 2. The molecule has 3 heterocycles. The minimum Gasteiger partial charge on any atom is -0.331 e. The fourth-order valence-electron chi connectivity index (χ4n) is 2.48. The van der Waals surface area contributed by atoms with Crippen LogP contribution in [0.4, 0.5) is 0 Å². The smallest absolute Gasteiger partial charge is 0.257 e. The molecule has 5 heteroatoms. The molecule has 1 fully saturated rings. The maximum absolute atomic E-state index is 12.4. The fourth-order valence-corrected chi connectivity index (χ4v) is 3.36. The average Bonchev–Trinajstić information content (AvgIpc) is 3.08. The van der Waals surface area contributed by atoms with E-state index in [9.17, 15) is 4.79 Å². The summed E-state index contributed by atoms with van der Waals surface area (Å²) in [4.78, 5) is 15.7. The van der Waals surface area contributed by atoms with Gasteiger partial charge in [0, 0.05) is 24.7 Å². The van der Waals surface area contributed by atoms with Gasteiger partial charge < -0.3 is 4.90 Å². The van der Waals surface area contributed by atoms with Crippen LogP contribution in [0.1, 0.15) is 34.1 Å². The largest absolute Gasteiger partial charge is 0.331 e. The van der Waals surface area contributed by atoms with Crippen molar-refractivity contribution in [3.8, 4) is 0 Å². The molecule has 0 spiro atoms. The molecule has 18 heavy (non-hydrogen) atoms. The van der Waals surface area contributed by atoms with E-state index in [-0.39, 0.29) is 11.9 Å². The normalized spacial score (nSPS) is 19.4. The van der Waals surface area contributed by atoms with Gasteiger partial charge in [-0.1, -0.05) is 6.07 Å². The lowest BCUT2D eigenvalue weighted by Crippen LogP contribution is -2.29. The van der Waals surface area contributed by atoms with Crippen LogP contribution in [0.5, 0.6) is 0 Å². The second-order valence-corrected chi connectivity index (χ2v) is 5.55. The van der Waals surface area contributed by atoms with E-state index >= 15 is 0 Å². The molecule has 1 atom stereocenters. The lowest BCUT2D eigenvalue weighted by molar-refractivity contribution is 0.0738. The summed E-state index contributed by atoms with van der Waals surface area (Å²) in [6, 6.07) is 4.41. The summed E-state index contributed by atoms with van der Waals surface area (Å²) < 4.78 is 1.67. The van der Waals surface area contributed by atoms with E-state index in [1.165, 1.54) is 4.88 Å². The highest BCUT2D eigenvalue weighted by Crippen LogP contribution is 2.35. The average molecular weight is 261 g/mol. The molecule has 2 aromatic rings. The number of amides is 1. The number of thiophene rings is 1. The van der Waals surface area contributed by atoms with Gasteiger partial charge in [-0.15, -0.1) is 11.3 Å². The molecule has 0 radical (unpaired) electrons. The van der Waals surface area contributed by atoms with Crippen LogP contribution in [-0.2, 0) is 7.05 Å². The zero-order chi connectivity index (χ0) is 12.5. The Balaban J connectivity index is 1.85. The van der Waals surface area contributed by atoms with E-state index in [1.807, 2.05) is 18.0 Å². The fraction of sp³-hybridized carbons (Fsp3) is 0.385. The number of aromatic nitrogens is 2. The zero-order valence-electron chi connectivity index (χ0n) is 10.2. The Morgan fingerprint density at radius 1 is 1.56 bits per heavy atom. The standard InChI is InChI=1S/C13H15N3OS/c1-15-9-10(8-14-15)13(17)16-6-2-4-11(16)12-5-3-7-18-12/h3,5,7-9,11H,2,4,6H2,1H3. The Morgan fingerprint density at radius 3 is 3.11 bits per heavy atom. The summed E-state index contributed by atoms with van der Waals surface area (Å²) in [6.45, 7) is 0.844. The summed E-state index contributed by atoms with van der Waals surface area (Å²) >= 11 is 1.73. The Kier molecular flexibility index (Phi) is 2.91. The number of likely N-dealkylation sites (tertiary alicyclic amines) is 1. The molecule has 0 aliphatic carbocycles. The van der Waals surface area contributed by atoms with Crippen LogP contribution in [0.15, 0.2) is 29.9 Å². The van der Waals surface area contributed by atoms with Crippen LogP contribution >= 0.6 is 11.3 Å². The molecular formula is C13H15N3OS. The Labute approximate surface area is 110 Å². The van der Waals surface area contributed by atoms with Gasteiger partial charge in [-0.05, 0) is 24.3 Å². The lowest BCUT2D eigenvalue weighted by Gasteiger charge is -2.23. The molecule has 2 aromatic heterocycles. The van der Waals surface area contributed by atoms with E-state index in [0.29, 0.717) is 5.56 Å². The Morgan fingerprint density at radius 2 is 2.44 bits per heavy atom. The highest BCUT2D eigenvalue weighted by molar-refractivity contribution is 7.10. The molecule has 1 aliphatic heterocycles. The van der Waals surface area contributed by atoms with Crippen molar-refractivity contribution in [1.82, 2.24) is 14.7 Å². The quantitative estimate of drug-likeness (QED) is 0.833. The number of hydrogen-bond donors (Lipinski definition) is 0. The van der Waals surface area contributed by atoms with Crippen molar-refractivity contribution in [3.63, 3.8) is 0 Å². The van der Waals surface area contributed by atoms with Crippen molar-refractivity contribution in [2.75, 3.05) is 6.54 Å². The Hall–Kier alpha value is -1.62. The summed E-state index contributed by atoms with van der Waals surface area (Å²) in [5.74, 6) is 0.0963. The first kappa shape index (κ1) is 11.5. The van der Waals surface area contributed by atoms with Crippen molar-refractivity contribution in [3.05, 3.63) is 40.3 Å².